The third kappa shape index (κ3) is 7.29. The maximum atomic E-state index is 13.5. The molecule has 7 rings (SSSR count). The molecule has 1 amide bonds. The number of hydrogen-bond donors (Lipinski definition) is 0. The second-order valence-corrected chi connectivity index (χ2v) is 13.9. The van der Waals surface area contributed by atoms with Crippen molar-refractivity contribution in [1.82, 2.24) is 29.8 Å². The Morgan fingerprint density at radius 3 is 1.82 bits per heavy atom. The first-order chi connectivity index (χ1) is 27.8. The van der Waals surface area contributed by atoms with Crippen LogP contribution in [0.2, 0.25) is 0 Å². The fourth-order valence-electron chi connectivity index (χ4n) is 7.48. The molecule has 0 aliphatic carbocycles. The van der Waals surface area contributed by atoms with Gasteiger partial charge in [-0.1, -0.05) is 153 Å². The number of anilines is 1. The third-order valence-corrected chi connectivity index (χ3v) is 10.1. The number of rotatable bonds is 14. The van der Waals surface area contributed by atoms with Gasteiger partial charge in [-0.15, -0.1) is 5.10 Å². The maximum absolute atomic E-state index is 13.5. The Hall–Kier alpha value is -6.94. The smallest absolute Gasteiger partial charge is 0.358 e. The number of aromatic nitrogens is 6. The molecule has 0 aliphatic heterocycles. The van der Waals surface area contributed by atoms with Crippen molar-refractivity contribution in [1.29, 1.82) is 0 Å². The van der Waals surface area contributed by atoms with Gasteiger partial charge < -0.3 is 9.30 Å². The van der Waals surface area contributed by atoms with E-state index < -0.39 is 11.5 Å². The van der Waals surface area contributed by atoms with Crippen LogP contribution in [0.4, 0.5) is 5.82 Å². The number of aryl methyl sites for hydroxylation is 1. The van der Waals surface area contributed by atoms with Crippen LogP contribution in [0.15, 0.2) is 152 Å². The van der Waals surface area contributed by atoms with E-state index in [0.29, 0.717) is 30.2 Å². The SMILES string of the molecule is C=C(C)C(=O)N(C)c1nc(CCC)n(Cc2ccc(-c3ccccc3-c3nnnn3C(c3ccccc3)(c3ccccc3)c3ccccc3)cc2)c1C(=O)OCC. The summed E-state index contributed by atoms with van der Waals surface area (Å²) in [5, 5.41) is 13.8. The topological polar surface area (TPSA) is 108 Å². The summed E-state index contributed by atoms with van der Waals surface area (Å²) in [6.45, 7) is 9.79. The van der Waals surface area contributed by atoms with E-state index in [-0.39, 0.29) is 24.0 Å². The number of esters is 1. The van der Waals surface area contributed by atoms with Crippen LogP contribution >= 0.6 is 0 Å². The van der Waals surface area contributed by atoms with Crippen LogP contribution in [-0.2, 0) is 28.0 Å². The minimum absolute atomic E-state index is 0.186. The highest BCUT2D eigenvalue weighted by Crippen LogP contribution is 2.43. The Balaban J connectivity index is 1.32. The molecule has 0 atom stereocenters. The predicted molar refractivity (Wildman–Crippen MR) is 223 cm³/mol. The molecule has 2 heterocycles. The van der Waals surface area contributed by atoms with Crippen LogP contribution in [-0.4, -0.2) is 55.3 Å². The highest BCUT2D eigenvalue weighted by atomic mass is 16.5. The number of ether oxygens (including phenoxy) is 1. The van der Waals surface area contributed by atoms with Crippen molar-refractivity contribution in [3.05, 3.63) is 185 Å². The Labute approximate surface area is 333 Å². The summed E-state index contributed by atoms with van der Waals surface area (Å²) in [5.74, 6) is 0.692. The fourth-order valence-corrected chi connectivity index (χ4v) is 7.48. The van der Waals surface area contributed by atoms with Crippen molar-refractivity contribution in [2.45, 2.75) is 45.7 Å². The monoisotopic (exact) mass is 755 g/mol. The molecule has 0 bridgehead atoms. The molecule has 0 N–H and O–H groups in total. The summed E-state index contributed by atoms with van der Waals surface area (Å²) in [6, 6.07) is 47.4. The first kappa shape index (κ1) is 38.3. The summed E-state index contributed by atoms with van der Waals surface area (Å²) >= 11 is 0. The lowest BCUT2D eigenvalue weighted by Crippen LogP contribution is -2.39. The fraction of sp³-hybridized carbons (Fsp3) is 0.191. The lowest BCUT2D eigenvalue weighted by atomic mass is 9.77. The number of benzene rings is 5. The van der Waals surface area contributed by atoms with E-state index in [0.717, 1.165) is 45.4 Å². The lowest BCUT2D eigenvalue weighted by molar-refractivity contribution is -0.114. The summed E-state index contributed by atoms with van der Waals surface area (Å²) in [5.41, 5.74) is 6.43. The van der Waals surface area contributed by atoms with Gasteiger partial charge in [0, 0.05) is 31.1 Å². The molecule has 0 saturated carbocycles. The zero-order valence-corrected chi connectivity index (χ0v) is 32.7. The molecule has 0 saturated heterocycles. The molecule has 0 unspecified atom stereocenters. The van der Waals surface area contributed by atoms with Crippen LogP contribution in [0.25, 0.3) is 22.5 Å². The Bertz CT molecular complexity index is 2400. The number of carbonyl (C=O) groups excluding carboxylic acids is 2. The zero-order chi connectivity index (χ0) is 39.9. The van der Waals surface area contributed by atoms with Crippen LogP contribution in [0.3, 0.4) is 0 Å². The summed E-state index contributed by atoms with van der Waals surface area (Å²) < 4.78 is 9.30. The minimum Gasteiger partial charge on any atom is -0.461 e. The number of tetrazole rings is 1. The number of nitrogens with zero attached hydrogens (tertiary/aromatic N) is 7. The van der Waals surface area contributed by atoms with Crippen molar-refractivity contribution < 1.29 is 14.3 Å². The number of amides is 1. The zero-order valence-electron chi connectivity index (χ0n) is 32.7. The summed E-state index contributed by atoms with van der Waals surface area (Å²) in [4.78, 5) is 32.7. The van der Waals surface area contributed by atoms with E-state index in [2.05, 4.69) is 79.4 Å². The first-order valence-corrected chi connectivity index (χ1v) is 19.1. The van der Waals surface area contributed by atoms with Gasteiger partial charge in [-0.25, -0.2) is 14.5 Å². The van der Waals surface area contributed by atoms with E-state index in [1.807, 2.05) is 88.1 Å². The summed E-state index contributed by atoms with van der Waals surface area (Å²) in [6.07, 6.45) is 1.41. The second kappa shape index (κ2) is 16.8. The molecule has 10 nitrogen and oxygen atoms in total. The normalized spacial score (nSPS) is 11.3. The van der Waals surface area contributed by atoms with Crippen molar-refractivity contribution in [3.63, 3.8) is 0 Å². The molecule has 5 aromatic carbocycles. The molecule has 0 fully saturated rings. The number of carbonyl (C=O) groups is 2. The van der Waals surface area contributed by atoms with Crippen molar-refractivity contribution in [2.75, 3.05) is 18.6 Å². The average Bonchev–Trinajstić information content (AvgIpc) is 3.88. The maximum Gasteiger partial charge on any atom is 0.358 e. The lowest BCUT2D eigenvalue weighted by Gasteiger charge is -2.36. The quantitative estimate of drug-likeness (QED) is 0.0621. The van der Waals surface area contributed by atoms with Crippen molar-refractivity contribution >= 4 is 17.7 Å². The highest BCUT2D eigenvalue weighted by Gasteiger charge is 2.42. The number of imidazole rings is 1. The number of likely N-dealkylation sites (N-methyl/N-ethyl adjacent to an activating group) is 1. The molecule has 10 heteroatoms. The van der Waals surface area contributed by atoms with Crippen molar-refractivity contribution in [3.8, 4) is 22.5 Å². The molecule has 2 aromatic heterocycles. The molecule has 0 aliphatic rings. The average molecular weight is 756 g/mol. The second-order valence-electron chi connectivity index (χ2n) is 13.9. The molecular weight excluding hydrogens is 711 g/mol. The van der Waals surface area contributed by atoms with E-state index >= 15 is 0 Å². The van der Waals surface area contributed by atoms with E-state index in [1.165, 1.54) is 4.90 Å². The Kier molecular flexibility index (Phi) is 11.3. The number of hydrogen-bond acceptors (Lipinski definition) is 7. The van der Waals surface area contributed by atoms with Crippen molar-refractivity contribution in [2.24, 2.45) is 0 Å². The van der Waals surface area contributed by atoms with Gasteiger partial charge in [0.15, 0.2) is 17.3 Å². The van der Waals surface area contributed by atoms with Crippen LogP contribution in [0.1, 0.15) is 65.8 Å². The molecule has 0 radical (unpaired) electrons. The highest BCUT2D eigenvalue weighted by molar-refractivity contribution is 6.07. The van der Waals surface area contributed by atoms with Gasteiger partial charge in [0.05, 0.1) is 6.61 Å². The van der Waals surface area contributed by atoms with E-state index in [4.69, 9.17) is 20.0 Å². The van der Waals surface area contributed by atoms with Gasteiger partial charge in [0.1, 0.15) is 11.4 Å². The van der Waals surface area contributed by atoms with E-state index in [9.17, 15) is 9.59 Å². The van der Waals surface area contributed by atoms with Gasteiger partial charge in [0.25, 0.3) is 5.91 Å². The van der Waals surface area contributed by atoms with Gasteiger partial charge in [-0.2, -0.15) is 0 Å². The van der Waals surface area contributed by atoms with Crippen LogP contribution in [0.5, 0.6) is 0 Å². The molecule has 7 aromatic rings. The molecule has 286 valence electrons. The molecule has 57 heavy (non-hydrogen) atoms. The van der Waals surface area contributed by atoms with E-state index in [1.54, 1.807) is 20.9 Å². The summed E-state index contributed by atoms with van der Waals surface area (Å²) in [7, 11) is 1.61. The Morgan fingerprint density at radius 1 is 0.754 bits per heavy atom. The van der Waals surface area contributed by atoms with Crippen LogP contribution in [0, 0.1) is 0 Å². The Morgan fingerprint density at radius 2 is 1.30 bits per heavy atom. The predicted octanol–water partition coefficient (Wildman–Crippen LogP) is 8.76. The first-order valence-electron chi connectivity index (χ1n) is 19.1. The van der Waals surface area contributed by atoms with Gasteiger partial charge >= 0.3 is 5.97 Å². The molecular formula is C47H45N7O3. The minimum atomic E-state index is -0.904. The van der Waals surface area contributed by atoms with Gasteiger partial charge in [-0.3, -0.25) is 9.69 Å². The van der Waals surface area contributed by atoms with Gasteiger partial charge in [0.2, 0.25) is 0 Å². The van der Waals surface area contributed by atoms with Gasteiger partial charge in [-0.05, 0) is 64.1 Å². The molecule has 0 spiro atoms. The largest absolute Gasteiger partial charge is 0.461 e. The standard InChI is InChI=1S/C47H45N7O3/c1-6-19-41-48-44(52(5)45(55)33(3)4)42(46(56)57-7-2)53(41)32-34-28-30-35(31-29-34)39-26-17-18-27-40(39)43-49-50-51-54(43)47(36-20-11-8-12-21-36,37-22-13-9-14-23-37)38-24-15-10-16-25-38/h8-18,20-31H,3,6-7,19,32H2,1-2,4-5H3. The van der Waals surface area contributed by atoms with Crippen LogP contribution < -0.4 is 4.90 Å². The third-order valence-electron chi connectivity index (χ3n) is 10.1.